The van der Waals surface area contributed by atoms with E-state index in [0.29, 0.717) is 0 Å². The molecule has 0 saturated carbocycles. The molecule has 0 unspecified atom stereocenters. The van der Waals surface area contributed by atoms with Crippen molar-refractivity contribution in [2.24, 2.45) is 0 Å². The van der Waals surface area contributed by atoms with E-state index in [4.69, 9.17) is 0 Å². The summed E-state index contributed by atoms with van der Waals surface area (Å²) in [7, 11) is 0. The van der Waals surface area contributed by atoms with Crippen LogP contribution in [0.4, 0.5) is 5.69 Å². The molecule has 0 amide bonds. The summed E-state index contributed by atoms with van der Waals surface area (Å²) in [5, 5.41) is 0. The maximum absolute atomic E-state index is 11.6. The molecular formula is C19H20N6O. The largest absolute Gasteiger partial charge is 0.367 e. The van der Waals surface area contributed by atoms with E-state index in [9.17, 15) is 4.79 Å². The number of hydrogen-bond acceptors (Lipinski definition) is 4. The summed E-state index contributed by atoms with van der Waals surface area (Å²) in [6.07, 6.45) is 0. The van der Waals surface area contributed by atoms with Crippen molar-refractivity contribution in [1.82, 2.24) is 24.8 Å². The Morgan fingerprint density at radius 2 is 1.69 bits per heavy atom. The summed E-state index contributed by atoms with van der Waals surface area (Å²) >= 11 is 0. The molecule has 26 heavy (non-hydrogen) atoms. The molecule has 0 aliphatic carbocycles. The quantitative estimate of drug-likeness (QED) is 0.529. The second kappa shape index (κ2) is 6.03. The van der Waals surface area contributed by atoms with E-state index in [-0.39, 0.29) is 5.69 Å². The lowest BCUT2D eigenvalue weighted by Gasteiger charge is -2.35. The third-order valence-corrected chi connectivity index (χ3v) is 5.05. The molecule has 7 heteroatoms. The number of benzene rings is 2. The first kappa shape index (κ1) is 15.2. The molecule has 5 rings (SSSR count). The van der Waals surface area contributed by atoms with Gasteiger partial charge < -0.3 is 19.9 Å². The highest BCUT2D eigenvalue weighted by atomic mass is 16.1. The summed E-state index contributed by atoms with van der Waals surface area (Å²) in [6.45, 7) is 4.59. The molecule has 1 aliphatic rings. The minimum Gasteiger partial charge on any atom is -0.367 e. The number of aromatic amines is 3. The van der Waals surface area contributed by atoms with Gasteiger partial charge in [-0.15, -0.1) is 0 Å². The van der Waals surface area contributed by atoms with Crippen LogP contribution in [0.25, 0.3) is 22.1 Å². The first-order chi connectivity index (χ1) is 12.8. The Kier molecular flexibility index (Phi) is 3.53. The first-order valence-electron chi connectivity index (χ1n) is 8.88. The van der Waals surface area contributed by atoms with Gasteiger partial charge in [-0.2, -0.15) is 0 Å². The number of nitrogens with one attached hydrogen (secondary N) is 3. The molecule has 0 spiro atoms. The van der Waals surface area contributed by atoms with Gasteiger partial charge in [-0.05, 0) is 24.3 Å². The van der Waals surface area contributed by atoms with Crippen LogP contribution in [-0.4, -0.2) is 51.0 Å². The number of fused-ring (bicyclic) bond motifs is 2. The van der Waals surface area contributed by atoms with E-state index >= 15 is 0 Å². The van der Waals surface area contributed by atoms with Crippen LogP contribution in [-0.2, 0) is 6.54 Å². The van der Waals surface area contributed by atoms with Crippen molar-refractivity contribution in [3.05, 3.63) is 58.8 Å². The predicted octanol–water partition coefficient (Wildman–Crippen LogP) is 2.05. The topological polar surface area (TPSA) is 83.8 Å². The number of anilines is 1. The number of hydrogen-bond donors (Lipinski definition) is 3. The molecule has 7 nitrogen and oxygen atoms in total. The summed E-state index contributed by atoms with van der Waals surface area (Å²) < 4.78 is 0. The van der Waals surface area contributed by atoms with Crippen molar-refractivity contribution in [2.75, 3.05) is 31.1 Å². The zero-order valence-electron chi connectivity index (χ0n) is 14.3. The average molecular weight is 348 g/mol. The minimum atomic E-state index is -0.157. The van der Waals surface area contributed by atoms with Crippen LogP contribution >= 0.6 is 0 Å². The van der Waals surface area contributed by atoms with Gasteiger partial charge in [-0.25, -0.2) is 9.78 Å². The molecule has 0 radical (unpaired) electrons. The van der Waals surface area contributed by atoms with E-state index in [0.717, 1.165) is 66.3 Å². The number of aromatic nitrogens is 4. The molecule has 4 aromatic rings. The smallest absolute Gasteiger partial charge is 0.323 e. The molecular weight excluding hydrogens is 328 g/mol. The van der Waals surface area contributed by atoms with Gasteiger partial charge in [-0.3, -0.25) is 4.90 Å². The Labute approximate surface area is 149 Å². The zero-order valence-corrected chi connectivity index (χ0v) is 14.3. The van der Waals surface area contributed by atoms with Gasteiger partial charge >= 0.3 is 5.69 Å². The van der Waals surface area contributed by atoms with Gasteiger partial charge in [0.15, 0.2) is 0 Å². The summed E-state index contributed by atoms with van der Waals surface area (Å²) in [4.78, 5) is 30.2. The normalized spacial score (nSPS) is 15.9. The molecule has 1 saturated heterocycles. The van der Waals surface area contributed by atoms with Gasteiger partial charge in [0, 0.05) is 26.2 Å². The molecule has 2 aromatic carbocycles. The highest BCUT2D eigenvalue weighted by Gasteiger charge is 2.20. The SMILES string of the molecule is O=c1[nH]c2cccc(N3CCN(Cc4nc5ccccc5[nH]4)CC3)c2[nH]1. The van der Waals surface area contributed by atoms with E-state index in [1.54, 1.807) is 0 Å². The van der Waals surface area contributed by atoms with Gasteiger partial charge in [0.05, 0.1) is 34.3 Å². The van der Waals surface area contributed by atoms with Gasteiger partial charge in [0.2, 0.25) is 0 Å². The monoisotopic (exact) mass is 348 g/mol. The molecule has 1 aliphatic heterocycles. The van der Waals surface area contributed by atoms with E-state index in [1.165, 1.54) is 0 Å². The maximum atomic E-state index is 11.6. The van der Waals surface area contributed by atoms with Crippen LogP contribution in [0.1, 0.15) is 5.82 Å². The fourth-order valence-corrected chi connectivity index (χ4v) is 3.75. The molecule has 1 fully saturated rings. The fourth-order valence-electron chi connectivity index (χ4n) is 3.75. The van der Waals surface area contributed by atoms with E-state index in [1.807, 2.05) is 30.3 Å². The van der Waals surface area contributed by atoms with Crippen LogP contribution in [0.5, 0.6) is 0 Å². The number of nitrogens with zero attached hydrogens (tertiary/aromatic N) is 3. The number of rotatable bonds is 3. The third kappa shape index (κ3) is 2.66. The van der Waals surface area contributed by atoms with Crippen LogP contribution in [0, 0.1) is 0 Å². The van der Waals surface area contributed by atoms with Crippen molar-refractivity contribution >= 4 is 27.8 Å². The average Bonchev–Trinajstić information content (AvgIpc) is 3.23. The number of H-pyrrole nitrogens is 3. The Morgan fingerprint density at radius 3 is 2.54 bits per heavy atom. The highest BCUT2D eigenvalue weighted by Crippen LogP contribution is 2.24. The number of para-hydroxylation sites is 3. The second-order valence-electron chi connectivity index (χ2n) is 6.74. The molecule has 132 valence electrons. The maximum Gasteiger partial charge on any atom is 0.323 e. The molecule has 0 atom stereocenters. The summed E-state index contributed by atoms with van der Waals surface area (Å²) in [5.41, 5.74) is 4.79. The van der Waals surface area contributed by atoms with Crippen molar-refractivity contribution in [3.63, 3.8) is 0 Å². The summed E-state index contributed by atoms with van der Waals surface area (Å²) in [6, 6.07) is 14.1. The highest BCUT2D eigenvalue weighted by molar-refractivity contribution is 5.88. The lowest BCUT2D eigenvalue weighted by atomic mass is 10.2. The summed E-state index contributed by atoms with van der Waals surface area (Å²) in [5.74, 6) is 1.01. The van der Waals surface area contributed by atoms with Crippen LogP contribution in [0.15, 0.2) is 47.3 Å². The molecule has 3 N–H and O–H groups in total. The van der Waals surface area contributed by atoms with Crippen LogP contribution < -0.4 is 10.6 Å². The minimum absolute atomic E-state index is 0.157. The Balaban J connectivity index is 1.30. The van der Waals surface area contributed by atoms with Crippen LogP contribution in [0.3, 0.4) is 0 Å². The standard InChI is InChI=1S/C19H20N6O/c26-19-22-15-6-3-7-16(18(15)23-19)25-10-8-24(9-11-25)12-17-20-13-4-1-2-5-14(13)21-17/h1-7H,8-12H2,(H,20,21)(H2,22,23,26). The van der Waals surface area contributed by atoms with E-state index < -0.39 is 0 Å². The second-order valence-corrected chi connectivity index (χ2v) is 6.74. The molecule has 2 aromatic heterocycles. The number of piperazine rings is 1. The fraction of sp³-hybridized carbons (Fsp3) is 0.263. The Morgan fingerprint density at radius 1 is 0.885 bits per heavy atom. The Bertz CT molecular complexity index is 1080. The predicted molar refractivity (Wildman–Crippen MR) is 103 cm³/mol. The van der Waals surface area contributed by atoms with Crippen LogP contribution in [0.2, 0.25) is 0 Å². The molecule has 3 heterocycles. The number of imidazole rings is 2. The van der Waals surface area contributed by atoms with Crippen molar-refractivity contribution in [1.29, 1.82) is 0 Å². The Hall–Kier alpha value is -3.06. The van der Waals surface area contributed by atoms with E-state index in [2.05, 4.69) is 41.9 Å². The van der Waals surface area contributed by atoms with Gasteiger partial charge in [0.1, 0.15) is 5.82 Å². The van der Waals surface area contributed by atoms with Crippen molar-refractivity contribution in [3.8, 4) is 0 Å². The lowest BCUT2D eigenvalue weighted by Crippen LogP contribution is -2.46. The van der Waals surface area contributed by atoms with Crippen molar-refractivity contribution in [2.45, 2.75) is 6.54 Å². The van der Waals surface area contributed by atoms with Gasteiger partial charge in [-0.1, -0.05) is 18.2 Å². The first-order valence-corrected chi connectivity index (χ1v) is 8.88. The van der Waals surface area contributed by atoms with Crippen molar-refractivity contribution < 1.29 is 0 Å². The molecule has 0 bridgehead atoms. The zero-order chi connectivity index (χ0) is 17.5. The van der Waals surface area contributed by atoms with Gasteiger partial charge in [0.25, 0.3) is 0 Å². The third-order valence-electron chi connectivity index (χ3n) is 5.05. The lowest BCUT2D eigenvalue weighted by molar-refractivity contribution is 0.245.